The molecule has 1 amide bonds. The van der Waals surface area contributed by atoms with Crippen molar-refractivity contribution < 1.29 is 4.79 Å². The molecule has 140 valence electrons. The number of amides is 1. The lowest BCUT2D eigenvalue weighted by molar-refractivity contribution is -0.115. The summed E-state index contributed by atoms with van der Waals surface area (Å²) >= 11 is 1.38. The number of rotatable bonds is 5. The van der Waals surface area contributed by atoms with Gasteiger partial charge >= 0.3 is 0 Å². The lowest BCUT2D eigenvalue weighted by Gasteiger charge is -2.20. The second kappa shape index (κ2) is 8.44. The molecular weight excluding hydrogens is 354 g/mol. The Morgan fingerprint density at radius 3 is 2.41 bits per heavy atom. The summed E-state index contributed by atoms with van der Waals surface area (Å²) in [6.45, 7) is 10.3. The van der Waals surface area contributed by atoms with E-state index in [2.05, 4.69) is 54.2 Å². The molecule has 0 aliphatic carbocycles. The highest BCUT2D eigenvalue weighted by Gasteiger charge is 2.24. The van der Waals surface area contributed by atoms with Gasteiger partial charge in [0.25, 0.3) is 5.91 Å². The molecule has 0 spiro atoms. The Morgan fingerprint density at radius 1 is 1.07 bits per heavy atom. The van der Waals surface area contributed by atoms with Crippen LogP contribution >= 0.6 is 11.8 Å². The molecule has 0 aromatic heterocycles. The number of carbonyl (C=O) groups excluding carboxylic acids is 1. The van der Waals surface area contributed by atoms with Gasteiger partial charge in [0.15, 0.2) is 5.17 Å². The molecule has 1 N–H and O–H groups in total. The quantitative estimate of drug-likeness (QED) is 0.740. The molecule has 27 heavy (non-hydrogen) atoms. The molecule has 4 nitrogen and oxygen atoms in total. The van der Waals surface area contributed by atoms with Gasteiger partial charge in [0.2, 0.25) is 0 Å². The van der Waals surface area contributed by atoms with Gasteiger partial charge in [0, 0.05) is 18.8 Å². The van der Waals surface area contributed by atoms with E-state index in [-0.39, 0.29) is 5.91 Å². The Hall–Kier alpha value is -2.53. The first-order chi connectivity index (χ1) is 13.0. The maximum Gasteiger partial charge on any atom is 0.264 e. The van der Waals surface area contributed by atoms with E-state index in [0.29, 0.717) is 10.1 Å². The molecule has 0 unspecified atom stereocenters. The predicted molar refractivity (Wildman–Crippen MR) is 117 cm³/mol. The van der Waals surface area contributed by atoms with Crippen LogP contribution < -0.4 is 10.2 Å². The van der Waals surface area contributed by atoms with Crippen LogP contribution in [0.15, 0.2) is 52.4 Å². The minimum atomic E-state index is -0.101. The van der Waals surface area contributed by atoms with E-state index in [1.165, 1.54) is 23.0 Å². The van der Waals surface area contributed by atoms with E-state index >= 15 is 0 Å². The van der Waals surface area contributed by atoms with E-state index in [9.17, 15) is 4.79 Å². The Kier molecular flexibility index (Phi) is 6.01. The summed E-state index contributed by atoms with van der Waals surface area (Å²) in [4.78, 5) is 19.9. The standard InChI is InChI=1S/C22H25N3OS/c1-5-25(6-2)18-10-8-17(9-11-18)14-20-21(26)24-22(27-20)23-19-12-7-15(3)13-16(19)4/h7-14H,5-6H2,1-4H3,(H,23,24,26)/b20-14-. The van der Waals surface area contributed by atoms with E-state index in [1.54, 1.807) is 0 Å². The zero-order valence-corrected chi connectivity index (χ0v) is 17.1. The van der Waals surface area contributed by atoms with Crippen molar-refractivity contribution in [2.24, 2.45) is 4.99 Å². The third-order valence-corrected chi connectivity index (χ3v) is 5.45. The Balaban J connectivity index is 1.78. The number of nitrogens with one attached hydrogen (secondary N) is 1. The van der Waals surface area contributed by atoms with Crippen molar-refractivity contribution >= 4 is 40.3 Å². The number of hydrogen-bond acceptors (Lipinski definition) is 4. The summed E-state index contributed by atoms with van der Waals surface area (Å²) < 4.78 is 0. The van der Waals surface area contributed by atoms with Crippen LogP contribution in [0.1, 0.15) is 30.5 Å². The maximum atomic E-state index is 12.3. The molecule has 5 heteroatoms. The smallest absolute Gasteiger partial charge is 0.264 e. The molecule has 0 saturated carbocycles. The van der Waals surface area contributed by atoms with Gasteiger partial charge in [-0.25, -0.2) is 4.99 Å². The van der Waals surface area contributed by atoms with Crippen LogP contribution in [0.5, 0.6) is 0 Å². The number of carbonyl (C=O) groups is 1. The van der Waals surface area contributed by atoms with Crippen molar-refractivity contribution in [1.82, 2.24) is 5.32 Å². The molecule has 2 aromatic carbocycles. The summed E-state index contributed by atoms with van der Waals surface area (Å²) in [7, 11) is 0. The van der Waals surface area contributed by atoms with Crippen molar-refractivity contribution in [3.05, 3.63) is 64.1 Å². The van der Waals surface area contributed by atoms with Gasteiger partial charge < -0.3 is 10.2 Å². The molecule has 3 rings (SSSR count). The minimum Gasteiger partial charge on any atom is -0.372 e. The van der Waals surface area contributed by atoms with Crippen LogP contribution in [-0.4, -0.2) is 24.2 Å². The summed E-state index contributed by atoms with van der Waals surface area (Å²) in [5.74, 6) is -0.101. The summed E-state index contributed by atoms with van der Waals surface area (Å²) in [5.41, 5.74) is 5.39. The van der Waals surface area contributed by atoms with Gasteiger partial charge in [-0.3, -0.25) is 4.79 Å². The van der Waals surface area contributed by atoms with Gasteiger partial charge in [-0.05, 0) is 74.9 Å². The number of benzene rings is 2. The van der Waals surface area contributed by atoms with Crippen molar-refractivity contribution in [2.45, 2.75) is 27.7 Å². The number of nitrogens with zero attached hydrogens (tertiary/aromatic N) is 2. The molecule has 1 saturated heterocycles. The zero-order chi connectivity index (χ0) is 19.4. The number of aryl methyl sites for hydroxylation is 2. The van der Waals surface area contributed by atoms with Crippen LogP contribution in [0.4, 0.5) is 11.4 Å². The van der Waals surface area contributed by atoms with Crippen molar-refractivity contribution in [2.75, 3.05) is 18.0 Å². The van der Waals surface area contributed by atoms with Crippen molar-refractivity contribution in [3.8, 4) is 0 Å². The Bertz CT molecular complexity index is 896. The van der Waals surface area contributed by atoms with Crippen molar-refractivity contribution in [1.29, 1.82) is 0 Å². The van der Waals surface area contributed by atoms with Crippen LogP contribution in [0, 0.1) is 13.8 Å². The molecule has 1 aliphatic rings. The van der Waals surface area contributed by atoms with Gasteiger partial charge in [0.1, 0.15) is 0 Å². The average molecular weight is 380 g/mol. The maximum absolute atomic E-state index is 12.3. The molecule has 1 fully saturated rings. The van der Waals surface area contributed by atoms with E-state index in [1.807, 2.05) is 37.3 Å². The highest BCUT2D eigenvalue weighted by molar-refractivity contribution is 8.18. The second-order valence-electron chi connectivity index (χ2n) is 6.54. The fourth-order valence-electron chi connectivity index (χ4n) is 3.04. The zero-order valence-electron chi connectivity index (χ0n) is 16.2. The number of hydrogen-bond donors (Lipinski definition) is 1. The molecule has 1 aliphatic heterocycles. The monoisotopic (exact) mass is 379 g/mol. The largest absolute Gasteiger partial charge is 0.372 e. The lowest BCUT2D eigenvalue weighted by atomic mass is 10.1. The normalized spacial score (nSPS) is 16.8. The molecule has 0 radical (unpaired) electrons. The Morgan fingerprint density at radius 2 is 1.78 bits per heavy atom. The van der Waals surface area contributed by atoms with Gasteiger partial charge in [-0.1, -0.05) is 29.8 Å². The van der Waals surface area contributed by atoms with Gasteiger partial charge in [0.05, 0.1) is 10.6 Å². The van der Waals surface area contributed by atoms with E-state index in [4.69, 9.17) is 0 Å². The molecule has 0 bridgehead atoms. The third-order valence-electron chi connectivity index (χ3n) is 4.54. The average Bonchev–Trinajstić information content (AvgIpc) is 2.99. The minimum absolute atomic E-state index is 0.101. The predicted octanol–water partition coefficient (Wildman–Crippen LogP) is 5.04. The first-order valence-corrected chi connectivity index (χ1v) is 10.0. The number of amidine groups is 1. The highest BCUT2D eigenvalue weighted by atomic mass is 32.2. The molecule has 1 heterocycles. The third kappa shape index (κ3) is 4.61. The molecule has 0 atom stereocenters. The summed E-state index contributed by atoms with van der Waals surface area (Å²) in [6.07, 6.45) is 1.91. The van der Waals surface area contributed by atoms with Crippen LogP contribution in [0.2, 0.25) is 0 Å². The van der Waals surface area contributed by atoms with E-state index < -0.39 is 0 Å². The molecular formula is C22H25N3OS. The van der Waals surface area contributed by atoms with Crippen LogP contribution in [0.25, 0.3) is 6.08 Å². The SMILES string of the molecule is CCN(CC)c1ccc(/C=C2\SC(=Nc3ccc(C)cc3C)NC2=O)cc1. The van der Waals surface area contributed by atoms with Gasteiger partial charge in [-0.2, -0.15) is 0 Å². The number of anilines is 1. The topological polar surface area (TPSA) is 44.7 Å². The second-order valence-corrected chi connectivity index (χ2v) is 7.57. The fraction of sp³-hybridized carbons (Fsp3) is 0.273. The van der Waals surface area contributed by atoms with Gasteiger partial charge in [-0.15, -0.1) is 0 Å². The number of thioether (sulfide) groups is 1. The van der Waals surface area contributed by atoms with Crippen molar-refractivity contribution in [3.63, 3.8) is 0 Å². The number of aliphatic imine (C=N–C) groups is 1. The fourth-order valence-corrected chi connectivity index (χ4v) is 3.88. The highest BCUT2D eigenvalue weighted by Crippen LogP contribution is 2.29. The first kappa shape index (κ1) is 19.2. The van der Waals surface area contributed by atoms with Crippen LogP contribution in [0.3, 0.4) is 0 Å². The Labute approximate surface area is 165 Å². The summed E-state index contributed by atoms with van der Waals surface area (Å²) in [6, 6.07) is 14.4. The first-order valence-electron chi connectivity index (χ1n) is 9.22. The summed E-state index contributed by atoms with van der Waals surface area (Å²) in [5, 5.41) is 3.48. The lowest BCUT2D eigenvalue weighted by Crippen LogP contribution is -2.21. The van der Waals surface area contributed by atoms with E-state index in [0.717, 1.165) is 29.9 Å². The molecule has 2 aromatic rings. The van der Waals surface area contributed by atoms with Crippen LogP contribution in [-0.2, 0) is 4.79 Å².